The molecule has 1 aliphatic heterocycles. The lowest BCUT2D eigenvalue weighted by Crippen LogP contribution is -2.47. The van der Waals surface area contributed by atoms with E-state index in [-0.39, 0.29) is 18.4 Å². The fourth-order valence-electron chi connectivity index (χ4n) is 3.36. The lowest BCUT2D eigenvalue weighted by molar-refractivity contribution is -0.120. The van der Waals surface area contributed by atoms with Gasteiger partial charge in [0, 0.05) is 35.1 Å². The molecule has 31 heavy (non-hydrogen) atoms. The molecule has 6 nitrogen and oxygen atoms in total. The van der Waals surface area contributed by atoms with E-state index in [4.69, 9.17) is 16.3 Å². The number of hydrogen-bond donors (Lipinski definition) is 2. The summed E-state index contributed by atoms with van der Waals surface area (Å²) < 4.78 is 5.88. The molecule has 3 aromatic rings. The zero-order valence-corrected chi connectivity index (χ0v) is 17.6. The molecule has 0 saturated carbocycles. The Morgan fingerprint density at radius 3 is 2.55 bits per heavy atom. The molecule has 1 saturated heterocycles. The first kappa shape index (κ1) is 20.8. The van der Waals surface area contributed by atoms with Crippen molar-refractivity contribution in [2.75, 3.05) is 29.9 Å². The third-order valence-corrected chi connectivity index (χ3v) is 5.37. The van der Waals surface area contributed by atoms with Gasteiger partial charge in [0.05, 0.1) is 12.1 Å². The zero-order chi connectivity index (χ0) is 21.6. The number of rotatable bonds is 6. The molecule has 0 aromatic heterocycles. The van der Waals surface area contributed by atoms with Crippen LogP contribution in [0.1, 0.15) is 15.9 Å². The Hall–Kier alpha value is -3.51. The second-order valence-corrected chi connectivity index (χ2v) is 7.56. The quantitative estimate of drug-likeness (QED) is 0.611. The number of piperazine rings is 1. The molecule has 0 radical (unpaired) electrons. The van der Waals surface area contributed by atoms with E-state index in [1.165, 1.54) is 0 Å². The van der Waals surface area contributed by atoms with Gasteiger partial charge in [-0.25, -0.2) is 0 Å². The molecule has 1 aliphatic rings. The standard InChI is InChI=1S/C24H22ClN3O3/c25-21-7-3-1-5-17(21)16-31-22-8-4-2-6-20(22)24(30)27-18-9-11-19(12-10-18)28-14-13-26-23(29)15-28/h1-12H,13-16H2,(H,26,29)(H,27,30). The Labute approximate surface area is 185 Å². The highest BCUT2D eigenvalue weighted by Crippen LogP contribution is 2.24. The number of ether oxygens (including phenoxy) is 1. The summed E-state index contributed by atoms with van der Waals surface area (Å²) in [5.74, 6) is 0.229. The minimum absolute atomic E-state index is 0.0111. The molecule has 0 atom stereocenters. The third kappa shape index (κ3) is 5.16. The maximum Gasteiger partial charge on any atom is 0.259 e. The van der Waals surface area contributed by atoms with Crippen LogP contribution in [0, 0.1) is 0 Å². The summed E-state index contributed by atoms with van der Waals surface area (Å²) in [6, 6.07) is 22.0. The maximum absolute atomic E-state index is 12.9. The van der Waals surface area contributed by atoms with Crippen LogP contribution in [-0.2, 0) is 11.4 Å². The number of nitrogens with zero attached hydrogens (tertiary/aromatic N) is 1. The van der Waals surface area contributed by atoms with Crippen LogP contribution >= 0.6 is 11.6 Å². The summed E-state index contributed by atoms with van der Waals surface area (Å²) in [5, 5.41) is 6.33. The van der Waals surface area contributed by atoms with Crippen LogP contribution in [0.5, 0.6) is 5.75 Å². The minimum atomic E-state index is -0.264. The van der Waals surface area contributed by atoms with E-state index in [0.29, 0.717) is 35.1 Å². The first-order valence-corrected chi connectivity index (χ1v) is 10.4. The van der Waals surface area contributed by atoms with Gasteiger partial charge in [-0.05, 0) is 42.5 Å². The molecule has 0 aliphatic carbocycles. The largest absolute Gasteiger partial charge is 0.488 e. The van der Waals surface area contributed by atoms with E-state index >= 15 is 0 Å². The van der Waals surface area contributed by atoms with Gasteiger partial charge in [0.2, 0.25) is 5.91 Å². The molecular formula is C24H22ClN3O3. The van der Waals surface area contributed by atoms with Crippen LogP contribution in [0.3, 0.4) is 0 Å². The number of carbonyl (C=O) groups is 2. The predicted molar refractivity (Wildman–Crippen MR) is 122 cm³/mol. The predicted octanol–water partition coefficient (Wildman–Crippen LogP) is 4.11. The van der Waals surface area contributed by atoms with Gasteiger partial charge >= 0.3 is 0 Å². The Bertz CT molecular complexity index is 1090. The van der Waals surface area contributed by atoms with Gasteiger partial charge in [-0.3, -0.25) is 9.59 Å². The average Bonchev–Trinajstić information content (AvgIpc) is 2.79. The van der Waals surface area contributed by atoms with E-state index < -0.39 is 0 Å². The highest BCUT2D eigenvalue weighted by atomic mass is 35.5. The summed E-state index contributed by atoms with van der Waals surface area (Å²) in [6.45, 7) is 1.99. The summed E-state index contributed by atoms with van der Waals surface area (Å²) in [4.78, 5) is 26.4. The smallest absolute Gasteiger partial charge is 0.259 e. The molecule has 0 unspecified atom stereocenters. The molecule has 0 bridgehead atoms. The Morgan fingerprint density at radius 2 is 1.77 bits per heavy atom. The molecule has 4 rings (SSSR count). The highest BCUT2D eigenvalue weighted by Gasteiger charge is 2.17. The first-order valence-electron chi connectivity index (χ1n) is 9.98. The van der Waals surface area contributed by atoms with Gasteiger partial charge in [-0.1, -0.05) is 41.9 Å². The Kier molecular flexibility index (Phi) is 6.38. The highest BCUT2D eigenvalue weighted by molar-refractivity contribution is 6.31. The molecule has 7 heteroatoms. The summed E-state index contributed by atoms with van der Waals surface area (Å²) in [7, 11) is 0. The van der Waals surface area contributed by atoms with Gasteiger partial charge < -0.3 is 20.3 Å². The summed E-state index contributed by atoms with van der Waals surface area (Å²) in [6.07, 6.45) is 0. The molecule has 2 N–H and O–H groups in total. The molecular weight excluding hydrogens is 414 g/mol. The third-order valence-electron chi connectivity index (χ3n) is 5.00. The van der Waals surface area contributed by atoms with Crippen LogP contribution in [-0.4, -0.2) is 31.4 Å². The van der Waals surface area contributed by atoms with Crippen LogP contribution in [0.15, 0.2) is 72.8 Å². The van der Waals surface area contributed by atoms with Crippen molar-refractivity contribution in [1.29, 1.82) is 0 Å². The average molecular weight is 436 g/mol. The molecule has 1 fully saturated rings. The fraction of sp³-hybridized carbons (Fsp3) is 0.167. The van der Waals surface area contributed by atoms with Crippen LogP contribution in [0.25, 0.3) is 0 Å². The fourth-order valence-corrected chi connectivity index (χ4v) is 3.55. The van der Waals surface area contributed by atoms with Crippen molar-refractivity contribution in [1.82, 2.24) is 5.32 Å². The van der Waals surface area contributed by atoms with E-state index in [2.05, 4.69) is 10.6 Å². The monoisotopic (exact) mass is 435 g/mol. The normalized spacial score (nSPS) is 13.5. The number of amides is 2. The number of benzene rings is 3. The van der Waals surface area contributed by atoms with Crippen LogP contribution in [0.4, 0.5) is 11.4 Å². The van der Waals surface area contributed by atoms with Gasteiger partial charge in [-0.15, -0.1) is 0 Å². The summed E-state index contributed by atoms with van der Waals surface area (Å²) >= 11 is 6.19. The van der Waals surface area contributed by atoms with Gasteiger partial charge in [0.25, 0.3) is 5.91 Å². The SMILES string of the molecule is O=C1CN(c2ccc(NC(=O)c3ccccc3OCc3ccccc3Cl)cc2)CCN1. The van der Waals surface area contributed by atoms with Crippen LogP contribution < -0.4 is 20.3 Å². The Balaban J connectivity index is 1.43. The van der Waals surface area contributed by atoms with Crippen LogP contribution in [0.2, 0.25) is 5.02 Å². The first-order chi connectivity index (χ1) is 15.1. The van der Waals surface area contributed by atoms with Crippen molar-refractivity contribution < 1.29 is 14.3 Å². The molecule has 0 spiro atoms. The van der Waals surface area contributed by atoms with Crippen molar-refractivity contribution >= 4 is 34.8 Å². The number of carbonyl (C=O) groups excluding carboxylic acids is 2. The number of hydrogen-bond acceptors (Lipinski definition) is 4. The maximum atomic E-state index is 12.9. The Morgan fingerprint density at radius 1 is 1.03 bits per heavy atom. The second-order valence-electron chi connectivity index (χ2n) is 7.15. The molecule has 2 amide bonds. The molecule has 158 valence electrons. The van der Waals surface area contributed by atoms with Crippen molar-refractivity contribution in [2.45, 2.75) is 6.61 Å². The minimum Gasteiger partial charge on any atom is -0.488 e. The number of anilines is 2. The van der Waals surface area contributed by atoms with Crippen molar-refractivity contribution in [3.63, 3.8) is 0 Å². The van der Waals surface area contributed by atoms with E-state index in [1.54, 1.807) is 24.3 Å². The van der Waals surface area contributed by atoms with E-state index in [0.717, 1.165) is 17.8 Å². The lowest BCUT2D eigenvalue weighted by Gasteiger charge is -2.28. The van der Waals surface area contributed by atoms with E-state index in [1.807, 2.05) is 53.4 Å². The number of para-hydroxylation sites is 1. The van der Waals surface area contributed by atoms with Crippen molar-refractivity contribution in [2.24, 2.45) is 0 Å². The van der Waals surface area contributed by atoms with Crippen molar-refractivity contribution in [3.05, 3.63) is 88.9 Å². The second kappa shape index (κ2) is 9.53. The van der Waals surface area contributed by atoms with Gasteiger partial charge in [0.1, 0.15) is 12.4 Å². The number of nitrogens with one attached hydrogen (secondary N) is 2. The van der Waals surface area contributed by atoms with E-state index in [9.17, 15) is 9.59 Å². The van der Waals surface area contributed by atoms with Gasteiger partial charge in [0.15, 0.2) is 0 Å². The number of halogens is 1. The molecule has 3 aromatic carbocycles. The van der Waals surface area contributed by atoms with Crippen molar-refractivity contribution in [3.8, 4) is 5.75 Å². The van der Waals surface area contributed by atoms with Gasteiger partial charge in [-0.2, -0.15) is 0 Å². The summed E-state index contributed by atoms with van der Waals surface area (Å²) in [5.41, 5.74) is 2.89. The molecule has 1 heterocycles. The topological polar surface area (TPSA) is 70.7 Å². The lowest BCUT2D eigenvalue weighted by atomic mass is 10.1. The zero-order valence-electron chi connectivity index (χ0n) is 16.8.